The molecule has 21 nitrogen and oxygen atoms in total. The van der Waals surface area contributed by atoms with E-state index in [4.69, 9.17) is 15.2 Å². The monoisotopic (exact) mass is 1120 g/mol. The first-order chi connectivity index (χ1) is 34.4. The van der Waals surface area contributed by atoms with Crippen LogP contribution in [0.5, 0.6) is 11.5 Å². The number of rotatable bonds is 23. The standard InChI is InChI=1S/C24H29N5O5S3.C22H28N6O5S3/c1-14(2)13-34-17-11-15(3)8-9-16(17)27-18(30)12-19(31)28-24-29-21(22(25)37(4,32)33)23(36-24)35-20-7-5-6-10-26-20;1-13(2)12-33-17-9-14(3)5-6-15(17)26-18(29)10-19(30)28-22-27-16(11-25-36(4,31)32)20(35-22)34-21-23-7-8-24-21/h5-11,14,22H,12-13,25H2,1-4H3,(H,27,30)(H,28,29,31);5-9,13,25H,10-12H2,1-4H3,(H,23,24)(H,26,29)(H,27,28,30). The molecule has 2 aromatic carbocycles. The molecule has 0 radical (unpaired) electrons. The van der Waals surface area contributed by atoms with Crippen molar-refractivity contribution in [2.45, 2.75) is 84.9 Å². The van der Waals surface area contributed by atoms with E-state index in [2.05, 4.69) is 50.9 Å². The van der Waals surface area contributed by atoms with Crippen LogP contribution in [0, 0.1) is 25.7 Å². The summed E-state index contributed by atoms with van der Waals surface area (Å²) in [4.78, 5) is 70.2. The van der Waals surface area contributed by atoms with E-state index < -0.39 is 61.7 Å². The number of pyridine rings is 1. The molecule has 0 saturated carbocycles. The molecular weight excluding hydrogens is 1060 g/mol. The number of sulfone groups is 1. The molecule has 73 heavy (non-hydrogen) atoms. The number of hydrogen-bond acceptors (Lipinski definition) is 19. The molecule has 6 aromatic rings. The second-order valence-corrected chi connectivity index (χ2v) is 25.6. The van der Waals surface area contributed by atoms with E-state index in [0.717, 1.165) is 46.3 Å². The molecule has 6 rings (SSSR count). The molecule has 27 heteroatoms. The number of aryl methyl sites for hydroxylation is 2. The van der Waals surface area contributed by atoms with Gasteiger partial charge in [-0.3, -0.25) is 19.2 Å². The van der Waals surface area contributed by atoms with Gasteiger partial charge < -0.3 is 41.5 Å². The number of imidazole rings is 1. The molecule has 8 N–H and O–H groups in total. The molecule has 0 aliphatic rings. The van der Waals surface area contributed by atoms with Gasteiger partial charge in [0.05, 0.1) is 51.5 Å². The number of sulfonamides is 1. The highest BCUT2D eigenvalue weighted by Crippen LogP contribution is 2.40. The zero-order chi connectivity index (χ0) is 53.5. The first-order valence-electron chi connectivity index (χ1n) is 22.2. The largest absolute Gasteiger partial charge is 0.491 e. The zero-order valence-corrected chi connectivity index (χ0v) is 46.0. The highest BCUT2D eigenvalue weighted by atomic mass is 32.2. The van der Waals surface area contributed by atoms with E-state index in [1.54, 1.807) is 48.9 Å². The van der Waals surface area contributed by atoms with E-state index in [1.165, 1.54) is 23.5 Å². The first-order valence-corrected chi connectivity index (χ1v) is 29.3. The Hall–Kier alpha value is -5.94. The lowest BCUT2D eigenvalue weighted by atomic mass is 10.2. The normalized spacial score (nSPS) is 11.9. The van der Waals surface area contributed by atoms with E-state index in [-0.39, 0.29) is 22.5 Å². The average molecular weight is 1120 g/mol. The summed E-state index contributed by atoms with van der Waals surface area (Å²) in [5.41, 5.74) is 9.38. The Kier molecular flexibility index (Phi) is 21.3. The van der Waals surface area contributed by atoms with Crippen LogP contribution in [-0.2, 0) is 45.6 Å². The Morgan fingerprint density at radius 1 is 0.699 bits per heavy atom. The summed E-state index contributed by atoms with van der Waals surface area (Å²) < 4.78 is 62.3. The lowest BCUT2D eigenvalue weighted by molar-refractivity contribution is -0.125. The summed E-state index contributed by atoms with van der Waals surface area (Å²) in [6, 6.07) is 16.1. The summed E-state index contributed by atoms with van der Waals surface area (Å²) in [5.74, 6) is -0.541. The Labute approximate surface area is 440 Å². The van der Waals surface area contributed by atoms with Gasteiger partial charge in [0.25, 0.3) is 0 Å². The van der Waals surface area contributed by atoms with Crippen LogP contribution in [0.3, 0.4) is 0 Å². The minimum atomic E-state index is -3.66. The number of amides is 4. The van der Waals surface area contributed by atoms with Crippen LogP contribution in [0.2, 0.25) is 0 Å². The lowest BCUT2D eigenvalue weighted by Gasteiger charge is -2.14. The van der Waals surface area contributed by atoms with Crippen molar-refractivity contribution < 1.29 is 45.5 Å². The number of nitrogens with two attached hydrogens (primary N) is 1. The van der Waals surface area contributed by atoms with Crippen molar-refractivity contribution in [3.05, 3.63) is 95.7 Å². The van der Waals surface area contributed by atoms with Gasteiger partial charge in [-0.2, -0.15) is 0 Å². The van der Waals surface area contributed by atoms with Crippen LogP contribution in [0.4, 0.5) is 21.6 Å². The second-order valence-electron chi connectivity index (χ2n) is 17.0. The van der Waals surface area contributed by atoms with Gasteiger partial charge in [0.1, 0.15) is 35.1 Å². The van der Waals surface area contributed by atoms with E-state index >= 15 is 0 Å². The molecule has 0 aliphatic heterocycles. The Morgan fingerprint density at radius 3 is 1.71 bits per heavy atom. The van der Waals surface area contributed by atoms with Gasteiger partial charge in [0.2, 0.25) is 33.7 Å². The maximum Gasteiger partial charge on any atom is 0.235 e. The molecule has 0 saturated heterocycles. The summed E-state index contributed by atoms with van der Waals surface area (Å²) >= 11 is 4.65. The number of ether oxygens (including phenoxy) is 2. The first kappa shape index (κ1) is 58.0. The molecule has 0 aliphatic carbocycles. The van der Waals surface area contributed by atoms with Gasteiger partial charge in [-0.1, -0.05) is 80.3 Å². The van der Waals surface area contributed by atoms with Gasteiger partial charge in [0, 0.05) is 24.8 Å². The number of thiazole rings is 2. The minimum Gasteiger partial charge on any atom is -0.491 e. The molecule has 0 spiro atoms. The Morgan fingerprint density at radius 2 is 1.23 bits per heavy atom. The number of aromatic nitrogens is 5. The molecule has 0 fully saturated rings. The maximum atomic E-state index is 12.6. The molecule has 4 heterocycles. The fourth-order valence-electron chi connectivity index (χ4n) is 5.73. The van der Waals surface area contributed by atoms with Gasteiger partial charge in [-0.25, -0.2) is 41.5 Å². The maximum absolute atomic E-state index is 12.6. The summed E-state index contributed by atoms with van der Waals surface area (Å²) in [6.45, 7) is 12.8. The molecule has 1 atom stereocenters. The molecule has 4 amide bonds. The van der Waals surface area contributed by atoms with Crippen LogP contribution < -0.4 is 41.2 Å². The van der Waals surface area contributed by atoms with E-state index in [0.29, 0.717) is 72.2 Å². The van der Waals surface area contributed by atoms with Crippen LogP contribution in [0.1, 0.15) is 68.4 Å². The second kappa shape index (κ2) is 26.8. The van der Waals surface area contributed by atoms with Crippen LogP contribution in [-0.4, -0.2) is 91.1 Å². The summed E-state index contributed by atoms with van der Waals surface area (Å²) in [5, 5.41) is 10.8. The van der Waals surface area contributed by atoms with Gasteiger partial charge in [0.15, 0.2) is 30.6 Å². The van der Waals surface area contributed by atoms with Crippen molar-refractivity contribution in [2.75, 3.05) is 47.0 Å². The van der Waals surface area contributed by atoms with Crippen molar-refractivity contribution >= 4 is 111 Å². The number of anilines is 4. The lowest BCUT2D eigenvalue weighted by Crippen LogP contribution is -2.23. The van der Waals surface area contributed by atoms with E-state index in [1.807, 2.05) is 65.8 Å². The summed E-state index contributed by atoms with van der Waals surface area (Å²) in [7, 11) is -7.10. The average Bonchev–Trinajstić information content (AvgIpc) is 4.06. The minimum absolute atomic E-state index is 0.0543. The van der Waals surface area contributed by atoms with E-state index in [9.17, 15) is 36.0 Å². The van der Waals surface area contributed by atoms with Gasteiger partial charge in [-0.05, 0) is 85.0 Å². The predicted molar refractivity (Wildman–Crippen MR) is 286 cm³/mol. The molecule has 0 bridgehead atoms. The Balaban J connectivity index is 0.000000271. The number of nitrogens with zero attached hydrogens (tertiary/aromatic N) is 4. The zero-order valence-electron chi connectivity index (χ0n) is 41.1. The summed E-state index contributed by atoms with van der Waals surface area (Å²) in [6.07, 6.45) is 6.00. The quantitative estimate of drug-likeness (QED) is 0.0308. The van der Waals surface area contributed by atoms with Gasteiger partial charge >= 0.3 is 0 Å². The van der Waals surface area contributed by atoms with Crippen molar-refractivity contribution in [1.82, 2.24) is 29.6 Å². The van der Waals surface area contributed by atoms with Crippen molar-refractivity contribution in [1.29, 1.82) is 0 Å². The van der Waals surface area contributed by atoms with Crippen molar-refractivity contribution in [2.24, 2.45) is 17.6 Å². The SMILES string of the molecule is Cc1ccc(NC(=O)CC(=O)Nc2nc(C(N)S(C)(=O)=O)c(Sc3ccccn3)s2)c(OCC(C)C)c1.Cc1ccc(NC(=O)CC(=O)Nc2nc(CNS(C)(=O)=O)c(Sc3ncc[nH]3)s2)c(OCC(C)C)c1. The Bertz CT molecular complexity index is 3080. The number of carbonyl (C=O) groups excluding carboxylic acids is 4. The number of hydrogen-bond donors (Lipinski definition) is 7. The van der Waals surface area contributed by atoms with Crippen molar-refractivity contribution in [3.8, 4) is 11.5 Å². The molecule has 4 aromatic heterocycles. The van der Waals surface area contributed by atoms with Crippen LogP contribution >= 0.6 is 46.2 Å². The smallest absolute Gasteiger partial charge is 0.235 e. The third-order valence-electron chi connectivity index (χ3n) is 9.11. The number of H-pyrrole nitrogens is 1. The third-order valence-corrected chi connectivity index (χ3v) is 15.2. The molecule has 1 unspecified atom stereocenters. The predicted octanol–water partition coefficient (Wildman–Crippen LogP) is 7.38. The number of carbonyl (C=O) groups is 4. The van der Waals surface area contributed by atoms with Gasteiger partial charge in [-0.15, -0.1) is 0 Å². The number of benzene rings is 2. The fraction of sp³-hybridized carbons (Fsp3) is 0.348. The van der Waals surface area contributed by atoms with Crippen molar-refractivity contribution in [3.63, 3.8) is 0 Å². The number of aromatic amines is 1. The fourth-order valence-corrected chi connectivity index (χ4v) is 11.0. The highest BCUT2D eigenvalue weighted by molar-refractivity contribution is 8.01. The topological polar surface area (TPSA) is 309 Å². The molecule has 392 valence electrons. The highest BCUT2D eigenvalue weighted by Gasteiger charge is 2.27. The van der Waals surface area contributed by atoms with Crippen LogP contribution in [0.25, 0.3) is 0 Å². The molecular formula is C46H57N11O10S6. The van der Waals surface area contributed by atoms with Crippen LogP contribution in [0.15, 0.2) is 91.8 Å². The third kappa shape index (κ3) is 19.8. The number of nitrogens with one attached hydrogen (secondary N) is 6.